The summed E-state index contributed by atoms with van der Waals surface area (Å²) < 4.78 is 23.1. The lowest BCUT2D eigenvalue weighted by atomic mass is 10.2. The standard InChI is InChI=1S/C12H21N3O4S/c1-2-15(11-3-8-20(18,19)9-11)12(17)14-6-4-13(10-16)5-7-14/h10-11H,2-9H2,1H3. The third-order valence-electron chi connectivity index (χ3n) is 3.97. The number of nitrogens with zero attached hydrogens (tertiary/aromatic N) is 3. The van der Waals surface area contributed by atoms with Gasteiger partial charge in [0.05, 0.1) is 11.5 Å². The van der Waals surface area contributed by atoms with E-state index in [0.29, 0.717) is 39.1 Å². The average Bonchev–Trinajstić information content (AvgIpc) is 2.79. The van der Waals surface area contributed by atoms with Crippen LogP contribution in [0.15, 0.2) is 0 Å². The van der Waals surface area contributed by atoms with Gasteiger partial charge in [0, 0.05) is 38.8 Å². The Balaban J connectivity index is 1.98. The van der Waals surface area contributed by atoms with E-state index in [2.05, 4.69) is 0 Å². The lowest BCUT2D eigenvalue weighted by molar-refractivity contribution is -0.119. The summed E-state index contributed by atoms with van der Waals surface area (Å²) in [6.07, 6.45) is 1.32. The van der Waals surface area contributed by atoms with Crippen LogP contribution in [-0.2, 0) is 14.6 Å². The highest BCUT2D eigenvalue weighted by atomic mass is 32.2. The second kappa shape index (κ2) is 5.99. The van der Waals surface area contributed by atoms with Crippen LogP contribution in [0.2, 0.25) is 0 Å². The number of hydrogen-bond acceptors (Lipinski definition) is 4. The van der Waals surface area contributed by atoms with Gasteiger partial charge in [-0.3, -0.25) is 4.79 Å². The van der Waals surface area contributed by atoms with Crippen molar-refractivity contribution in [3.8, 4) is 0 Å². The molecule has 0 aromatic heterocycles. The Bertz CT molecular complexity index is 471. The first-order chi connectivity index (χ1) is 9.46. The maximum Gasteiger partial charge on any atom is 0.320 e. The summed E-state index contributed by atoms with van der Waals surface area (Å²) in [5.74, 6) is 0.237. The Morgan fingerprint density at radius 1 is 1.30 bits per heavy atom. The van der Waals surface area contributed by atoms with E-state index in [1.807, 2.05) is 6.92 Å². The first-order valence-electron chi connectivity index (χ1n) is 6.92. The lowest BCUT2D eigenvalue weighted by Gasteiger charge is -2.37. The molecule has 3 amide bonds. The van der Waals surface area contributed by atoms with Gasteiger partial charge in [0.25, 0.3) is 0 Å². The summed E-state index contributed by atoms with van der Waals surface area (Å²) >= 11 is 0. The fourth-order valence-corrected chi connectivity index (χ4v) is 4.50. The topological polar surface area (TPSA) is 78.0 Å². The van der Waals surface area contributed by atoms with Gasteiger partial charge in [0.1, 0.15) is 0 Å². The molecular formula is C12H21N3O4S. The minimum absolute atomic E-state index is 0.0703. The summed E-state index contributed by atoms with van der Waals surface area (Å²) in [5.41, 5.74) is 0. The van der Waals surface area contributed by atoms with Crippen molar-refractivity contribution in [1.29, 1.82) is 0 Å². The number of amides is 3. The summed E-state index contributed by atoms with van der Waals surface area (Å²) in [4.78, 5) is 28.1. The SMILES string of the molecule is CCN(C(=O)N1CCN(C=O)CC1)C1CCS(=O)(=O)C1. The zero-order chi connectivity index (χ0) is 14.8. The van der Waals surface area contributed by atoms with Gasteiger partial charge in [0.2, 0.25) is 6.41 Å². The van der Waals surface area contributed by atoms with Crippen LogP contribution in [0.25, 0.3) is 0 Å². The molecule has 1 unspecified atom stereocenters. The van der Waals surface area contributed by atoms with Crippen LogP contribution in [0.5, 0.6) is 0 Å². The second-order valence-electron chi connectivity index (χ2n) is 5.25. The monoisotopic (exact) mass is 303 g/mol. The number of carbonyl (C=O) groups excluding carboxylic acids is 2. The maximum atomic E-state index is 12.5. The van der Waals surface area contributed by atoms with E-state index in [4.69, 9.17) is 0 Å². The predicted octanol–water partition coefficient (Wildman–Crippen LogP) is -0.611. The molecule has 0 aromatic rings. The summed E-state index contributed by atoms with van der Waals surface area (Å²) in [6.45, 7) is 4.46. The molecule has 2 rings (SSSR count). The van der Waals surface area contributed by atoms with Gasteiger partial charge in [0.15, 0.2) is 9.84 Å². The van der Waals surface area contributed by atoms with Crippen molar-refractivity contribution in [2.45, 2.75) is 19.4 Å². The van der Waals surface area contributed by atoms with Crippen LogP contribution in [0.1, 0.15) is 13.3 Å². The fourth-order valence-electron chi connectivity index (χ4n) is 2.77. The third kappa shape index (κ3) is 3.23. The number of rotatable bonds is 3. The minimum atomic E-state index is -2.99. The van der Waals surface area contributed by atoms with Crippen molar-refractivity contribution in [3.05, 3.63) is 0 Å². The van der Waals surface area contributed by atoms with Gasteiger partial charge in [-0.05, 0) is 13.3 Å². The molecule has 2 heterocycles. The average molecular weight is 303 g/mol. The first kappa shape index (κ1) is 15.1. The van der Waals surface area contributed by atoms with Crippen LogP contribution >= 0.6 is 0 Å². The van der Waals surface area contributed by atoms with Crippen molar-refractivity contribution in [2.75, 3.05) is 44.2 Å². The number of piperazine rings is 1. The molecule has 114 valence electrons. The Morgan fingerprint density at radius 3 is 2.40 bits per heavy atom. The van der Waals surface area contributed by atoms with Gasteiger partial charge in [-0.2, -0.15) is 0 Å². The van der Waals surface area contributed by atoms with Crippen molar-refractivity contribution in [2.24, 2.45) is 0 Å². The Hall–Kier alpha value is -1.31. The maximum absolute atomic E-state index is 12.5. The molecule has 20 heavy (non-hydrogen) atoms. The molecular weight excluding hydrogens is 282 g/mol. The molecule has 0 bridgehead atoms. The van der Waals surface area contributed by atoms with Gasteiger partial charge in [-0.1, -0.05) is 0 Å². The van der Waals surface area contributed by atoms with E-state index in [9.17, 15) is 18.0 Å². The van der Waals surface area contributed by atoms with Gasteiger partial charge >= 0.3 is 6.03 Å². The van der Waals surface area contributed by atoms with Crippen molar-refractivity contribution >= 4 is 22.3 Å². The van der Waals surface area contributed by atoms with E-state index in [-0.39, 0.29) is 23.6 Å². The van der Waals surface area contributed by atoms with E-state index in [1.165, 1.54) is 0 Å². The summed E-state index contributed by atoms with van der Waals surface area (Å²) in [7, 11) is -2.99. The van der Waals surface area contributed by atoms with E-state index in [1.54, 1.807) is 14.7 Å². The predicted molar refractivity (Wildman–Crippen MR) is 74.0 cm³/mol. The quantitative estimate of drug-likeness (QED) is 0.652. The number of sulfone groups is 1. The molecule has 7 nitrogen and oxygen atoms in total. The summed E-state index contributed by atoms with van der Waals surface area (Å²) in [5, 5.41) is 0. The molecule has 0 radical (unpaired) electrons. The minimum Gasteiger partial charge on any atom is -0.342 e. The van der Waals surface area contributed by atoms with E-state index >= 15 is 0 Å². The van der Waals surface area contributed by atoms with Gasteiger partial charge in [-0.25, -0.2) is 13.2 Å². The Morgan fingerprint density at radius 2 is 1.95 bits per heavy atom. The molecule has 1 atom stereocenters. The summed E-state index contributed by atoms with van der Waals surface area (Å²) in [6, 6.07) is -0.318. The zero-order valence-electron chi connectivity index (χ0n) is 11.7. The molecule has 2 fully saturated rings. The molecule has 2 aliphatic rings. The van der Waals surface area contributed by atoms with Crippen molar-refractivity contribution in [1.82, 2.24) is 14.7 Å². The van der Waals surface area contributed by atoms with Crippen LogP contribution < -0.4 is 0 Å². The lowest BCUT2D eigenvalue weighted by Crippen LogP contribution is -2.54. The molecule has 0 saturated carbocycles. The largest absolute Gasteiger partial charge is 0.342 e. The van der Waals surface area contributed by atoms with Crippen LogP contribution in [0.4, 0.5) is 4.79 Å². The highest BCUT2D eigenvalue weighted by Gasteiger charge is 2.36. The van der Waals surface area contributed by atoms with E-state index < -0.39 is 9.84 Å². The molecule has 0 N–H and O–H groups in total. The molecule has 2 aliphatic heterocycles. The zero-order valence-corrected chi connectivity index (χ0v) is 12.5. The fraction of sp³-hybridized carbons (Fsp3) is 0.833. The van der Waals surface area contributed by atoms with Crippen molar-refractivity contribution in [3.63, 3.8) is 0 Å². The molecule has 2 saturated heterocycles. The highest BCUT2D eigenvalue weighted by Crippen LogP contribution is 2.19. The third-order valence-corrected chi connectivity index (χ3v) is 5.72. The van der Waals surface area contributed by atoms with Crippen LogP contribution in [0, 0.1) is 0 Å². The van der Waals surface area contributed by atoms with Crippen LogP contribution in [0.3, 0.4) is 0 Å². The van der Waals surface area contributed by atoms with E-state index in [0.717, 1.165) is 6.41 Å². The normalized spacial score (nSPS) is 25.6. The van der Waals surface area contributed by atoms with Gasteiger partial charge in [-0.15, -0.1) is 0 Å². The number of hydrogen-bond donors (Lipinski definition) is 0. The van der Waals surface area contributed by atoms with Crippen LogP contribution in [-0.4, -0.2) is 85.8 Å². The van der Waals surface area contributed by atoms with Gasteiger partial charge < -0.3 is 14.7 Å². The first-order valence-corrected chi connectivity index (χ1v) is 8.74. The molecule has 0 spiro atoms. The number of urea groups is 1. The second-order valence-corrected chi connectivity index (χ2v) is 7.48. The molecule has 8 heteroatoms. The highest BCUT2D eigenvalue weighted by molar-refractivity contribution is 7.91. The molecule has 0 aliphatic carbocycles. The van der Waals surface area contributed by atoms with Crippen molar-refractivity contribution < 1.29 is 18.0 Å². The smallest absolute Gasteiger partial charge is 0.320 e. The molecule has 0 aromatic carbocycles. The number of carbonyl (C=O) groups is 2. The Labute approximate surface area is 119 Å². The Kier molecular flexibility index (Phi) is 4.52.